The second-order valence-corrected chi connectivity index (χ2v) is 8.40. The number of aliphatic hydroxyl groups excluding tert-OH is 1. The van der Waals surface area contributed by atoms with Gasteiger partial charge in [0.05, 0.1) is 31.1 Å². The van der Waals surface area contributed by atoms with Gasteiger partial charge in [0.1, 0.15) is 0 Å². The van der Waals surface area contributed by atoms with Crippen LogP contribution >= 0.6 is 0 Å². The van der Waals surface area contributed by atoms with Crippen molar-refractivity contribution in [3.8, 4) is 0 Å². The smallest absolute Gasteiger partial charge is 0.0722 e. The molecule has 168 valence electrons. The summed E-state index contributed by atoms with van der Waals surface area (Å²) in [6.45, 7) is 9.21. The van der Waals surface area contributed by atoms with E-state index < -0.39 is 0 Å². The fourth-order valence-electron chi connectivity index (χ4n) is 3.88. The molecule has 1 aliphatic heterocycles. The number of nitrogens with one attached hydrogen (secondary N) is 1. The minimum absolute atomic E-state index is 0.0410. The van der Waals surface area contributed by atoms with Crippen LogP contribution in [-0.2, 0) is 0 Å². The summed E-state index contributed by atoms with van der Waals surface area (Å²) >= 11 is 0. The van der Waals surface area contributed by atoms with Crippen LogP contribution in [-0.4, -0.2) is 54.8 Å². The average Bonchev–Trinajstić information content (AvgIpc) is 3.47. The highest BCUT2D eigenvalue weighted by Gasteiger charge is 2.26. The Hall–Kier alpha value is -2.74. The topological polar surface area (TPSA) is 95.3 Å². The van der Waals surface area contributed by atoms with E-state index in [1.54, 1.807) is 10.9 Å². The van der Waals surface area contributed by atoms with Crippen molar-refractivity contribution in [1.82, 2.24) is 24.6 Å². The van der Waals surface area contributed by atoms with Gasteiger partial charge >= 0.3 is 0 Å². The second-order valence-electron chi connectivity index (χ2n) is 8.40. The van der Waals surface area contributed by atoms with E-state index in [1.165, 1.54) is 0 Å². The molecule has 0 spiro atoms. The zero-order valence-electron chi connectivity index (χ0n) is 19.0. The number of hydrogen-bond donors (Lipinski definition) is 2. The number of nitrogens with zero attached hydrogens (tertiary/aromatic N) is 6. The van der Waals surface area contributed by atoms with Crippen LogP contribution in [0.4, 0.5) is 0 Å². The van der Waals surface area contributed by atoms with Gasteiger partial charge in [-0.15, -0.1) is 0 Å². The lowest BCUT2D eigenvalue weighted by atomic mass is 9.85. The van der Waals surface area contributed by atoms with Crippen molar-refractivity contribution in [2.24, 2.45) is 16.9 Å². The van der Waals surface area contributed by atoms with Crippen LogP contribution in [0.5, 0.6) is 0 Å². The van der Waals surface area contributed by atoms with Gasteiger partial charge in [0.25, 0.3) is 0 Å². The molecular weight excluding hydrogens is 390 g/mol. The monoisotopic (exact) mass is 425 g/mol. The second kappa shape index (κ2) is 10.5. The van der Waals surface area contributed by atoms with E-state index in [1.807, 2.05) is 53.7 Å². The summed E-state index contributed by atoms with van der Waals surface area (Å²) in [6.07, 6.45) is 16.4. The largest absolute Gasteiger partial charge is 0.394 e. The third kappa shape index (κ3) is 5.50. The first-order chi connectivity index (χ1) is 15.0. The van der Waals surface area contributed by atoms with Crippen LogP contribution in [0.15, 0.2) is 36.1 Å². The SMILES string of the molecule is CCC(CC)n1cc(C(=N)[C@@H](C)C2CC=NN(/C=C/c3cnn([C@@H](C)CO)c3)C2)cn1. The van der Waals surface area contributed by atoms with Gasteiger partial charge in [-0.25, -0.2) is 0 Å². The number of rotatable bonds is 10. The Balaban J connectivity index is 1.62. The maximum absolute atomic E-state index is 9.26. The molecule has 31 heavy (non-hydrogen) atoms. The standard InChI is InChI=1S/C23H35N7O/c1-5-22(6-2)30-15-21(12-27-30)23(24)18(4)20-7-9-25-28(14-20)10-8-19-11-26-29(13-19)17(3)16-31/h8-13,15,17-18,20,22,24,31H,5-7,14,16H2,1-4H3/b10-8+,24-23?/t17-,18-,20?/m0/s1. The molecule has 1 aliphatic rings. The van der Waals surface area contributed by atoms with E-state index in [4.69, 9.17) is 5.41 Å². The van der Waals surface area contributed by atoms with Crippen LogP contribution in [0.2, 0.25) is 0 Å². The van der Waals surface area contributed by atoms with Crippen LogP contribution in [0.3, 0.4) is 0 Å². The third-order valence-electron chi connectivity index (χ3n) is 6.23. The zero-order chi connectivity index (χ0) is 22.4. The number of hydrazone groups is 1. The molecule has 0 amide bonds. The molecule has 8 nitrogen and oxygen atoms in total. The van der Waals surface area contributed by atoms with Crippen molar-refractivity contribution in [1.29, 1.82) is 5.41 Å². The highest BCUT2D eigenvalue weighted by atomic mass is 16.3. The van der Waals surface area contributed by atoms with Gasteiger partial charge < -0.3 is 10.5 Å². The van der Waals surface area contributed by atoms with Crippen molar-refractivity contribution in [3.05, 3.63) is 42.1 Å². The summed E-state index contributed by atoms with van der Waals surface area (Å²) in [4.78, 5) is 0. The summed E-state index contributed by atoms with van der Waals surface area (Å²) in [5, 5.41) is 33.2. The lowest BCUT2D eigenvalue weighted by molar-refractivity contribution is 0.230. The summed E-state index contributed by atoms with van der Waals surface area (Å²) in [7, 11) is 0. The first-order valence-corrected chi connectivity index (χ1v) is 11.2. The molecule has 1 unspecified atom stereocenters. The van der Waals surface area contributed by atoms with Crippen molar-refractivity contribution in [3.63, 3.8) is 0 Å². The molecule has 8 heteroatoms. The van der Waals surface area contributed by atoms with Gasteiger partial charge in [0.2, 0.25) is 0 Å². The van der Waals surface area contributed by atoms with Gasteiger partial charge in [-0.1, -0.05) is 20.8 Å². The zero-order valence-corrected chi connectivity index (χ0v) is 19.0. The molecule has 2 aromatic heterocycles. The molecule has 3 rings (SSSR count). The molecule has 3 atom stereocenters. The van der Waals surface area contributed by atoms with E-state index in [-0.39, 0.29) is 18.6 Å². The Kier molecular flexibility index (Phi) is 7.79. The van der Waals surface area contributed by atoms with Crippen molar-refractivity contribution >= 4 is 18.0 Å². The Morgan fingerprint density at radius 2 is 1.94 bits per heavy atom. The Morgan fingerprint density at radius 1 is 1.19 bits per heavy atom. The van der Waals surface area contributed by atoms with Crippen molar-refractivity contribution < 1.29 is 5.11 Å². The first-order valence-electron chi connectivity index (χ1n) is 11.2. The predicted molar refractivity (Wildman–Crippen MR) is 124 cm³/mol. The van der Waals surface area contributed by atoms with E-state index >= 15 is 0 Å². The molecule has 2 N–H and O–H groups in total. The maximum Gasteiger partial charge on any atom is 0.0722 e. The molecule has 3 heterocycles. The van der Waals surface area contributed by atoms with Crippen LogP contribution in [0, 0.1) is 17.2 Å². The number of hydrogen-bond acceptors (Lipinski definition) is 6. The van der Waals surface area contributed by atoms with Gasteiger partial charge in [0, 0.05) is 54.1 Å². The third-order valence-corrected chi connectivity index (χ3v) is 6.23. The highest BCUT2D eigenvalue weighted by Crippen LogP contribution is 2.25. The average molecular weight is 426 g/mol. The van der Waals surface area contributed by atoms with Crippen LogP contribution in [0.1, 0.15) is 70.2 Å². The normalized spacial score (nSPS) is 18.8. The quantitative estimate of drug-likeness (QED) is 0.563. The highest BCUT2D eigenvalue weighted by molar-refractivity contribution is 5.99. The van der Waals surface area contributed by atoms with Crippen LogP contribution in [0.25, 0.3) is 6.08 Å². The van der Waals surface area contributed by atoms with Crippen molar-refractivity contribution in [2.45, 2.75) is 59.0 Å². The fraction of sp³-hybridized carbons (Fsp3) is 0.565. The molecule has 0 aromatic carbocycles. The summed E-state index contributed by atoms with van der Waals surface area (Å²) in [5.41, 5.74) is 2.52. The van der Waals surface area contributed by atoms with E-state index in [0.29, 0.717) is 17.7 Å². The lowest BCUT2D eigenvalue weighted by Gasteiger charge is -2.30. The van der Waals surface area contributed by atoms with E-state index in [0.717, 1.165) is 36.9 Å². The van der Waals surface area contributed by atoms with Gasteiger partial charge in [-0.2, -0.15) is 15.3 Å². The predicted octanol–water partition coefficient (Wildman–Crippen LogP) is 3.98. The van der Waals surface area contributed by atoms with Gasteiger partial charge in [-0.05, 0) is 38.2 Å². The molecule has 0 aliphatic carbocycles. The lowest BCUT2D eigenvalue weighted by Crippen LogP contribution is -2.33. The molecular formula is C23H35N7O. The number of aromatic nitrogens is 4. The Bertz CT molecular complexity index is 909. The molecule has 0 saturated carbocycles. The Labute approximate surface area is 184 Å². The van der Waals surface area contributed by atoms with Crippen LogP contribution < -0.4 is 0 Å². The van der Waals surface area contributed by atoms with Gasteiger partial charge in [0.15, 0.2) is 0 Å². The summed E-state index contributed by atoms with van der Waals surface area (Å²) in [5.74, 6) is 0.415. The minimum Gasteiger partial charge on any atom is -0.394 e. The summed E-state index contributed by atoms with van der Waals surface area (Å²) < 4.78 is 3.76. The Morgan fingerprint density at radius 3 is 2.65 bits per heavy atom. The minimum atomic E-state index is -0.0410. The fourth-order valence-corrected chi connectivity index (χ4v) is 3.88. The molecule has 0 bridgehead atoms. The number of aliphatic hydroxyl groups is 1. The molecule has 0 fully saturated rings. The van der Waals surface area contributed by atoms with E-state index in [2.05, 4.69) is 36.1 Å². The van der Waals surface area contributed by atoms with E-state index in [9.17, 15) is 5.11 Å². The maximum atomic E-state index is 9.26. The first kappa shape index (κ1) is 22.9. The molecule has 0 radical (unpaired) electrons. The molecule has 0 saturated heterocycles. The summed E-state index contributed by atoms with van der Waals surface area (Å²) in [6, 6.07) is 0.352. The molecule has 2 aromatic rings. The van der Waals surface area contributed by atoms with Gasteiger partial charge in [-0.3, -0.25) is 14.4 Å². The van der Waals surface area contributed by atoms with Crippen molar-refractivity contribution in [2.75, 3.05) is 13.2 Å².